The highest BCUT2D eigenvalue weighted by Gasteiger charge is 2.26. The number of anilines is 2. The molecule has 1 N–H and O–H groups in total. The van der Waals surface area contributed by atoms with Gasteiger partial charge in [-0.3, -0.25) is 9.69 Å². The Morgan fingerprint density at radius 3 is 2.38 bits per heavy atom. The predicted octanol–water partition coefficient (Wildman–Crippen LogP) is 2.39. The number of amides is 1. The molecule has 1 aliphatic heterocycles. The molecule has 0 bridgehead atoms. The summed E-state index contributed by atoms with van der Waals surface area (Å²) in [6.45, 7) is 5.21. The van der Waals surface area contributed by atoms with Crippen LogP contribution in [0.2, 0.25) is 0 Å². The summed E-state index contributed by atoms with van der Waals surface area (Å²) in [6, 6.07) is 9.25. The van der Waals surface area contributed by atoms with Gasteiger partial charge in [-0.2, -0.15) is 0 Å². The minimum Gasteiger partial charge on any atom is -0.338 e. The van der Waals surface area contributed by atoms with E-state index in [1.807, 2.05) is 37.3 Å². The zero-order chi connectivity index (χ0) is 16.9. The van der Waals surface area contributed by atoms with Crippen LogP contribution in [0.3, 0.4) is 0 Å². The van der Waals surface area contributed by atoms with E-state index < -0.39 is 0 Å². The standard InChI is InChI=1S/C17H20BrN5O/c1-13(16(24)21-15-5-3-14(18)4-6-15)22-9-11-23(12-10-22)17-19-7-2-8-20-17/h2-8,13H,9-12H2,1H3,(H,21,24)/t13-/m1/s1. The molecule has 1 amide bonds. The van der Waals surface area contributed by atoms with E-state index in [9.17, 15) is 4.79 Å². The van der Waals surface area contributed by atoms with Crippen LogP contribution in [0.4, 0.5) is 11.6 Å². The predicted molar refractivity (Wildman–Crippen MR) is 98.1 cm³/mol. The second-order valence-electron chi connectivity index (χ2n) is 5.74. The molecule has 1 fully saturated rings. The average molecular weight is 390 g/mol. The first kappa shape index (κ1) is 16.9. The topological polar surface area (TPSA) is 61.4 Å². The molecule has 0 aliphatic carbocycles. The summed E-state index contributed by atoms with van der Waals surface area (Å²) in [4.78, 5) is 25.3. The van der Waals surface area contributed by atoms with Crippen molar-refractivity contribution >= 4 is 33.5 Å². The van der Waals surface area contributed by atoms with Crippen LogP contribution in [0.5, 0.6) is 0 Å². The average Bonchev–Trinajstić information content (AvgIpc) is 2.64. The largest absolute Gasteiger partial charge is 0.338 e. The first-order valence-electron chi connectivity index (χ1n) is 7.96. The molecule has 0 radical (unpaired) electrons. The fraction of sp³-hybridized carbons (Fsp3) is 0.353. The second-order valence-corrected chi connectivity index (χ2v) is 6.66. The molecule has 1 aliphatic rings. The van der Waals surface area contributed by atoms with Crippen molar-refractivity contribution in [1.82, 2.24) is 14.9 Å². The maximum Gasteiger partial charge on any atom is 0.241 e. The van der Waals surface area contributed by atoms with E-state index in [0.29, 0.717) is 0 Å². The molecule has 1 atom stereocenters. The zero-order valence-electron chi connectivity index (χ0n) is 13.5. The molecule has 1 saturated heterocycles. The maximum atomic E-state index is 12.4. The lowest BCUT2D eigenvalue weighted by molar-refractivity contribution is -0.120. The molecule has 1 aromatic carbocycles. The van der Waals surface area contributed by atoms with Gasteiger partial charge >= 0.3 is 0 Å². The lowest BCUT2D eigenvalue weighted by Crippen LogP contribution is -2.53. The van der Waals surface area contributed by atoms with Gasteiger partial charge in [0.15, 0.2) is 0 Å². The number of rotatable bonds is 4. The third-order valence-corrected chi connectivity index (χ3v) is 4.72. The third-order valence-electron chi connectivity index (χ3n) is 4.19. The Morgan fingerprint density at radius 1 is 1.12 bits per heavy atom. The van der Waals surface area contributed by atoms with Gasteiger partial charge in [0.05, 0.1) is 6.04 Å². The van der Waals surface area contributed by atoms with Crippen molar-refractivity contribution < 1.29 is 4.79 Å². The van der Waals surface area contributed by atoms with Crippen LogP contribution < -0.4 is 10.2 Å². The van der Waals surface area contributed by atoms with Crippen molar-refractivity contribution in [2.75, 3.05) is 36.4 Å². The van der Waals surface area contributed by atoms with Gasteiger partial charge in [-0.05, 0) is 37.3 Å². The Bertz CT molecular complexity index is 671. The molecule has 24 heavy (non-hydrogen) atoms. The van der Waals surface area contributed by atoms with Crippen molar-refractivity contribution in [2.45, 2.75) is 13.0 Å². The van der Waals surface area contributed by atoms with Gasteiger partial charge in [-0.25, -0.2) is 9.97 Å². The van der Waals surface area contributed by atoms with Gasteiger partial charge in [-0.1, -0.05) is 15.9 Å². The van der Waals surface area contributed by atoms with Crippen molar-refractivity contribution in [3.05, 3.63) is 47.2 Å². The highest BCUT2D eigenvalue weighted by atomic mass is 79.9. The molecular formula is C17H20BrN5O. The van der Waals surface area contributed by atoms with E-state index in [-0.39, 0.29) is 11.9 Å². The minimum atomic E-state index is -0.174. The number of hydrogen-bond acceptors (Lipinski definition) is 5. The zero-order valence-corrected chi connectivity index (χ0v) is 15.1. The third kappa shape index (κ3) is 4.10. The fourth-order valence-corrected chi connectivity index (χ4v) is 2.97. The number of hydrogen-bond donors (Lipinski definition) is 1. The van der Waals surface area contributed by atoms with Crippen molar-refractivity contribution in [1.29, 1.82) is 0 Å². The van der Waals surface area contributed by atoms with Gasteiger partial charge in [0.25, 0.3) is 0 Å². The van der Waals surface area contributed by atoms with E-state index in [4.69, 9.17) is 0 Å². The fourth-order valence-electron chi connectivity index (χ4n) is 2.71. The smallest absolute Gasteiger partial charge is 0.241 e. The summed E-state index contributed by atoms with van der Waals surface area (Å²) >= 11 is 3.39. The number of benzene rings is 1. The van der Waals surface area contributed by atoms with Gasteiger partial charge < -0.3 is 10.2 Å². The highest BCUT2D eigenvalue weighted by Crippen LogP contribution is 2.16. The van der Waals surface area contributed by atoms with Crippen LogP contribution >= 0.6 is 15.9 Å². The number of nitrogens with zero attached hydrogens (tertiary/aromatic N) is 4. The summed E-state index contributed by atoms with van der Waals surface area (Å²) in [6.07, 6.45) is 3.51. The summed E-state index contributed by atoms with van der Waals surface area (Å²) in [5.74, 6) is 0.769. The number of nitrogens with one attached hydrogen (secondary N) is 1. The Kier molecular flexibility index (Phi) is 5.42. The number of piperazine rings is 1. The Hall–Kier alpha value is -1.99. The molecule has 0 spiro atoms. The van der Waals surface area contributed by atoms with E-state index in [1.165, 1.54) is 0 Å². The molecule has 126 valence electrons. The Balaban J connectivity index is 1.53. The van der Waals surface area contributed by atoms with Crippen LogP contribution in [0.1, 0.15) is 6.92 Å². The van der Waals surface area contributed by atoms with Crippen LogP contribution in [-0.2, 0) is 4.79 Å². The molecule has 1 aromatic heterocycles. The minimum absolute atomic E-state index is 0.0155. The van der Waals surface area contributed by atoms with E-state index in [2.05, 4.69) is 41.0 Å². The molecule has 2 heterocycles. The molecule has 3 rings (SSSR count). The maximum absolute atomic E-state index is 12.4. The molecule has 7 heteroatoms. The van der Waals surface area contributed by atoms with E-state index in [1.54, 1.807) is 12.4 Å². The summed E-state index contributed by atoms with van der Waals surface area (Å²) in [5.41, 5.74) is 0.811. The van der Waals surface area contributed by atoms with Crippen molar-refractivity contribution in [2.24, 2.45) is 0 Å². The number of aromatic nitrogens is 2. The highest BCUT2D eigenvalue weighted by molar-refractivity contribution is 9.10. The first-order valence-corrected chi connectivity index (χ1v) is 8.75. The molecule has 2 aromatic rings. The second kappa shape index (κ2) is 7.72. The van der Waals surface area contributed by atoms with Gasteiger partial charge in [0.2, 0.25) is 11.9 Å². The Labute approximate surface area is 150 Å². The monoisotopic (exact) mass is 389 g/mol. The Morgan fingerprint density at radius 2 is 1.75 bits per heavy atom. The van der Waals surface area contributed by atoms with Crippen molar-refractivity contribution in [3.63, 3.8) is 0 Å². The first-order chi connectivity index (χ1) is 11.6. The lowest BCUT2D eigenvalue weighted by Gasteiger charge is -2.37. The SMILES string of the molecule is C[C@H](C(=O)Nc1ccc(Br)cc1)N1CCN(c2ncccn2)CC1. The van der Waals surface area contributed by atoms with Crippen LogP contribution in [-0.4, -0.2) is 53.0 Å². The van der Waals surface area contributed by atoms with Gasteiger partial charge in [0, 0.05) is 48.7 Å². The summed E-state index contributed by atoms with van der Waals surface area (Å²) in [7, 11) is 0. The van der Waals surface area contributed by atoms with Gasteiger partial charge in [0.1, 0.15) is 0 Å². The summed E-state index contributed by atoms with van der Waals surface area (Å²) < 4.78 is 0.993. The molecule has 6 nitrogen and oxygen atoms in total. The van der Waals surface area contributed by atoms with E-state index in [0.717, 1.165) is 42.3 Å². The number of carbonyl (C=O) groups is 1. The lowest BCUT2D eigenvalue weighted by atomic mass is 10.2. The quantitative estimate of drug-likeness (QED) is 0.869. The van der Waals surface area contributed by atoms with Gasteiger partial charge in [-0.15, -0.1) is 0 Å². The molecule has 0 unspecified atom stereocenters. The van der Waals surface area contributed by atoms with Crippen LogP contribution in [0.15, 0.2) is 47.2 Å². The number of carbonyl (C=O) groups excluding carboxylic acids is 1. The van der Waals surface area contributed by atoms with Crippen LogP contribution in [0, 0.1) is 0 Å². The van der Waals surface area contributed by atoms with Crippen molar-refractivity contribution in [3.8, 4) is 0 Å². The normalized spacial score (nSPS) is 16.7. The molecule has 0 saturated carbocycles. The van der Waals surface area contributed by atoms with E-state index >= 15 is 0 Å². The number of halogens is 1. The van der Waals surface area contributed by atoms with Crippen LogP contribution in [0.25, 0.3) is 0 Å². The molecular weight excluding hydrogens is 370 g/mol. The summed E-state index contributed by atoms with van der Waals surface area (Å²) in [5, 5.41) is 2.97.